The van der Waals surface area contributed by atoms with Crippen molar-refractivity contribution in [2.75, 3.05) is 7.11 Å². The van der Waals surface area contributed by atoms with E-state index in [4.69, 9.17) is 10.00 Å². The van der Waals surface area contributed by atoms with Crippen molar-refractivity contribution in [3.63, 3.8) is 0 Å². The zero-order valence-electron chi connectivity index (χ0n) is 12.1. The van der Waals surface area contributed by atoms with Crippen LogP contribution in [0.1, 0.15) is 24.2 Å². The molecular weight excluding hydrogens is 304 g/mol. The van der Waals surface area contributed by atoms with Crippen molar-refractivity contribution in [2.45, 2.75) is 19.1 Å². The molecule has 1 rings (SSSR count). The Kier molecular flexibility index (Phi) is 7.65. The SMILES string of the molecule is COc1ccc(C(=O)C=CSC(=NC#N)SC(C)C)cc1. The highest BCUT2D eigenvalue weighted by Crippen LogP contribution is 2.22. The Bertz CT molecular complexity index is 572. The number of hydrogen-bond donors (Lipinski definition) is 0. The highest BCUT2D eigenvalue weighted by Gasteiger charge is 2.05. The first-order valence-corrected chi connectivity index (χ1v) is 7.97. The Morgan fingerprint density at radius 2 is 2.05 bits per heavy atom. The van der Waals surface area contributed by atoms with Crippen LogP contribution in [0.5, 0.6) is 5.75 Å². The van der Waals surface area contributed by atoms with Gasteiger partial charge in [0.1, 0.15) is 10.1 Å². The zero-order chi connectivity index (χ0) is 15.7. The molecule has 0 saturated heterocycles. The number of thioether (sulfide) groups is 2. The number of ketones is 1. The second-order valence-electron chi connectivity index (χ2n) is 4.16. The number of nitrogens with zero attached hydrogens (tertiary/aromatic N) is 2. The lowest BCUT2D eigenvalue weighted by molar-refractivity contribution is 0.104. The first-order valence-electron chi connectivity index (χ1n) is 6.22. The van der Waals surface area contributed by atoms with Crippen LogP contribution in [0, 0.1) is 11.5 Å². The van der Waals surface area contributed by atoms with Crippen molar-refractivity contribution in [1.82, 2.24) is 0 Å². The van der Waals surface area contributed by atoms with Gasteiger partial charge in [-0.2, -0.15) is 10.3 Å². The van der Waals surface area contributed by atoms with E-state index in [0.717, 1.165) is 0 Å². The summed E-state index contributed by atoms with van der Waals surface area (Å²) in [5, 5.41) is 10.6. The predicted octanol–water partition coefficient (Wildman–Crippen LogP) is 4.10. The predicted molar refractivity (Wildman–Crippen MR) is 89.8 cm³/mol. The molecule has 0 heterocycles. The molecule has 0 saturated carbocycles. The largest absolute Gasteiger partial charge is 0.497 e. The van der Waals surface area contributed by atoms with Crippen LogP contribution in [0.15, 0.2) is 40.7 Å². The lowest BCUT2D eigenvalue weighted by atomic mass is 10.1. The molecule has 0 N–H and O–H groups in total. The molecule has 0 amide bonds. The number of methoxy groups -OCH3 is 1. The van der Waals surface area contributed by atoms with E-state index < -0.39 is 0 Å². The van der Waals surface area contributed by atoms with E-state index in [2.05, 4.69) is 4.99 Å². The van der Waals surface area contributed by atoms with Crippen LogP contribution in [0.3, 0.4) is 0 Å². The van der Waals surface area contributed by atoms with Crippen molar-refractivity contribution in [3.05, 3.63) is 41.3 Å². The molecule has 0 unspecified atom stereocenters. The number of benzene rings is 1. The number of rotatable bonds is 5. The molecule has 0 radical (unpaired) electrons. The molecule has 0 aliphatic rings. The molecule has 0 aromatic heterocycles. The van der Waals surface area contributed by atoms with Gasteiger partial charge in [0.05, 0.1) is 7.11 Å². The van der Waals surface area contributed by atoms with Gasteiger partial charge < -0.3 is 4.74 Å². The molecule has 1 aromatic carbocycles. The summed E-state index contributed by atoms with van der Waals surface area (Å²) in [5.74, 6) is 0.609. The highest BCUT2D eigenvalue weighted by atomic mass is 32.2. The van der Waals surface area contributed by atoms with Crippen molar-refractivity contribution >= 4 is 33.7 Å². The maximum absolute atomic E-state index is 12.0. The molecule has 0 spiro atoms. The summed E-state index contributed by atoms with van der Waals surface area (Å²) in [7, 11) is 1.58. The lowest BCUT2D eigenvalue weighted by Crippen LogP contribution is -1.95. The van der Waals surface area contributed by atoms with E-state index in [1.165, 1.54) is 29.6 Å². The van der Waals surface area contributed by atoms with Gasteiger partial charge in [0, 0.05) is 10.8 Å². The summed E-state index contributed by atoms with van der Waals surface area (Å²) in [6.45, 7) is 4.04. The lowest BCUT2D eigenvalue weighted by Gasteiger charge is -2.03. The fourth-order valence-corrected chi connectivity index (χ4v) is 3.19. The van der Waals surface area contributed by atoms with Gasteiger partial charge >= 0.3 is 0 Å². The number of hydrogen-bond acceptors (Lipinski definition) is 6. The third kappa shape index (κ3) is 6.52. The van der Waals surface area contributed by atoms with E-state index in [9.17, 15) is 4.79 Å². The van der Waals surface area contributed by atoms with Gasteiger partial charge in [-0.1, -0.05) is 37.4 Å². The third-order valence-electron chi connectivity index (χ3n) is 2.24. The normalized spacial score (nSPS) is 11.7. The monoisotopic (exact) mass is 320 g/mol. The van der Waals surface area contributed by atoms with Crippen molar-refractivity contribution < 1.29 is 9.53 Å². The standard InChI is InChI=1S/C15H16N2O2S2/c1-11(2)21-15(17-10-16)20-9-8-14(18)12-4-6-13(19-3)7-5-12/h4-9,11H,1-3H3. The maximum atomic E-state index is 12.0. The quantitative estimate of drug-likeness (QED) is 0.269. The molecule has 6 heteroatoms. The average molecular weight is 320 g/mol. The minimum Gasteiger partial charge on any atom is -0.497 e. The summed E-state index contributed by atoms with van der Waals surface area (Å²) in [6.07, 6.45) is 3.24. The van der Waals surface area contributed by atoms with E-state index in [-0.39, 0.29) is 5.78 Å². The number of aliphatic imine (C=N–C) groups is 1. The van der Waals surface area contributed by atoms with E-state index in [1.807, 2.05) is 13.8 Å². The van der Waals surface area contributed by atoms with Crippen LogP contribution in [0.2, 0.25) is 0 Å². The minimum atomic E-state index is -0.101. The van der Waals surface area contributed by atoms with Crippen LogP contribution >= 0.6 is 23.5 Å². The van der Waals surface area contributed by atoms with E-state index in [1.54, 1.807) is 43.0 Å². The number of ether oxygens (including phenoxy) is 1. The summed E-state index contributed by atoms with van der Waals surface area (Å²) in [6, 6.07) is 6.91. The maximum Gasteiger partial charge on any atom is 0.207 e. The number of nitriles is 1. The van der Waals surface area contributed by atoms with Gasteiger partial charge in [0.2, 0.25) is 6.19 Å². The van der Waals surface area contributed by atoms with Crippen LogP contribution < -0.4 is 4.74 Å². The molecule has 1 aromatic rings. The van der Waals surface area contributed by atoms with Crippen molar-refractivity contribution in [1.29, 1.82) is 5.26 Å². The smallest absolute Gasteiger partial charge is 0.207 e. The average Bonchev–Trinajstić information content (AvgIpc) is 2.46. The molecule has 0 bridgehead atoms. The Labute approximate surface area is 133 Å². The Hall–Kier alpha value is -1.71. The summed E-state index contributed by atoms with van der Waals surface area (Å²) in [4.78, 5) is 15.7. The second kappa shape index (κ2) is 9.27. The first-order chi connectivity index (χ1) is 10.1. The van der Waals surface area contributed by atoms with Crippen molar-refractivity contribution in [2.24, 2.45) is 4.99 Å². The molecular formula is C15H16N2O2S2. The summed E-state index contributed by atoms with van der Waals surface area (Å²) >= 11 is 2.76. The van der Waals surface area contributed by atoms with Gasteiger partial charge in [0.25, 0.3) is 0 Å². The number of carbonyl (C=O) groups excluding carboxylic acids is 1. The molecule has 0 aliphatic heterocycles. The summed E-state index contributed by atoms with van der Waals surface area (Å²) in [5.41, 5.74) is 0.586. The minimum absolute atomic E-state index is 0.101. The Morgan fingerprint density at radius 3 is 2.57 bits per heavy atom. The van der Waals surface area contributed by atoms with Gasteiger partial charge in [-0.05, 0) is 35.7 Å². The molecule has 110 valence electrons. The highest BCUT2D eigenvalue weighted by molar-refractivity contribution is 8.40. The molecule has 21 heavy (non-hydrogen) atoms. The van der Waals surface area contributed by atoms with E-state index >= 15 is 0 Å². The molecule has 0 aliphatic carbocycles. The topological polar surface area (TPSA) is 62.4 Å². The zero-order valence-corrected chi connectivity index (χ0v) is 13.7. The Balaban J connectivity index is 2.64. The van der Waals surface area contributed by atoms with Gasteiger partial charge in [0.15, 0.2) is 5.78 Å². The number of allylic oxidation sites excluding steroid dienone is 1. The summed E-state index contributed by atoms with van der Waals surface area (Å²) < 4.78 is 5.67. The third-order valence-corrected chi connectivity index (χ3v) is 4.15. The molecule has 0 fully saturated rings. The van der Waals surface area contributed by atoms with E-state index in [0.29, 0.717) is 20.9 Å². The van der Waals surface area contributed by atoms with Crippen LogP contribution in [-0.4, -0.2) is 22.5 Å². The first kappa shape index (κ1) is 17.3. The van der Waals surface area contributed by atoms with Gasteiger partial charge in [-0.25, -0.2) is 0 Å². The van der Waals surface area contributed by atoms with Crippen LogP contribution in [0.4, 0.5) is 0 Å². The van der Waals surface area contributed by atoms with Crippen LogP contribution in [0.25, 0.3) is 0 Å². The molecule has 0 atom stereocenters. The fraction of sp³-hybridized carbons (Fsp3) is 0.267. The van der Waals surface area contributed by atoms with Gasteiger partial charge in [-0.3, -0.25) is 4.79 Å². The number of carbonyl (C=O) groups is 1. The second-order valence-corrected chi connectivity index (χ2v) is 6.88. The van der Waals surface area contributed by atoms with Crippen LogP contribution in [-0.2, 0) is 0 Å². The fourth-order valence-electron chi connectivity index (χ4n) is 1.33. The molecule has 4 nitrogen and oxygen atoms in total. The van der Waals surface area contributed by atoms with Crippen molar-refractivity contribution in [3.8, 4) is 11.9 Å². The Morgan fingerprint density at radius 1 is 1.38 bits per heavy atom. The van der Waals surface area contributed by atoms with Gasteiger partial charge in [-0.15, -0.1) is 0 Å².